The molecular formula is C16H15F5N4O2. The van der Waals surface area contributed by atoms with E-state index in [1.54, 1.807) is 19.2 Å². The number of carbonyl (C=O) groups is 2. The minimum Gasteiger partial charge on any atom is -0.338 e. The molecule has 2 aromatic rings. The van der Waals surface area contributed by atoms with E-state index >= 15 is 0 Å². The summed E-state index contributed by atoms with van der Waals surface area (Å²) in [6.45, 7) is 4.25. The quantitative estimate of drug-likeness (QED) is 0.485. The molecule has 6 nitrogen and oxygen atoms in total. The van der Waals surface area contributed by atoms with Crippen LogP contribution in [0.3, 0.4) is 0 Å². The Bertz CT molecular complexity index is 880. The number of carbonyl (C=O) groups excluding carboxylic acids is 2. The first-order valence-corrected chi connectivity index (χ1v) is 7.80. The Labute approximate surface area is 150 Å². The van der Waals surface area contributed by atoms with Crippen molar-refractivity contribution < 1.29 is 31.5 Å². The summed E-state index contributed by atoms with van der Waals surface area (Å²) in [5, 5.41) is 5.49. The molecule has 0 saturated heterocycles. The number of hydrogen-bond acceptors (Lipinski definition) is 3. The molecule has 1 N–H and O–H groups in total. The Morgan fingerprint density at radius 3 is 1.96 bits per heavy atom. The van der Waals surface area contributed by atoms with Crippen molar-refractivity contribution in [3.8, 4) is 0 Å². The molecule has 1 aromatic heterocycles. The summed E-state index contributed by atoms with van der Waals surface area (Å²) >= 11 is 0. The highest BCUT2D eigenvalue weighted by Gasteiger charge is 2.28. The molecule has 0 spiro atoms. The van der Waals surface area contributed by atoms with Gasteiger partial charge in [-0.1, -0.05) is 0 Å². The predicted molar refractivity (Wildman–Crippen MR) is 84.6 cm³/mol. The van der Waals surface area contributed by atoms with E-state index in [2.05, 4.69) is 5.10 Å². The lowest BCUT2D eigenvalue weighted by Gasteiger charge is -2.16. The van der Waals surface area contributed by atoms with Crippen LogP contribution in [0.1, 0.15) is 34.8 Å². The van der Waals surface area contributed by atoms with Crippen molar-refractivity contribution in [2.45, 2.75) is 13.8 Å². The third-order valence-electron chi connectivity index (χ3n) is 3.83. The number of amides is 2. The SMILES string of the molecule is CCN(CC)C(=O)c1cc(C(=O)Nc2c(F)c(F)c(F)c(F)c2F)n(C)n1. The Kier molecular flexibility index (Phi) is 5.82. The number of anilines is 1. The fourth-order valence-corrected chi connectivity index (χ4v) is 2.35. The lowest BCUT2D eigenvalue weighted by Crippen LogP contribution is -2.30. The second kappa shape index (κ2) is 7.72. The van der Waals surface area contributed by atoms with E-state index in [9.17, 15) is 31.5 Å². The van der Waals surface area contributed by atoms with Gasteiger partial charge in [0.25, 0.3) is 11.8 Å². The molecule has 27 heavy (non-hydrogen) atoms. The molecule has 0 aliphatic rings. The highest BCUT2D eigenvalue weighted by atomic mass is 19.2. The van der Waals surface area contributed by atoms with E-state index in [-0.39, 0.29) is 11.4 Å². The summed E-state index contributed by atoms with van der Waals surface area (Å²) in [7, 11) is 1.28. The van der Waals surface area contributed by atoms with Crippen LogP contribution in [0.2, 0.25) is 0 Å². The molecule has 0 fully saturated rings. The molecule has 0 radical (unpaired) electrons. The van der Waals surface area contributed by atoms with Gasteiger partial charge in [0.15, 0.2) is 29.0 Å². The van der Waals surface area contributed by atoms with Crippen molar-refractivity contribution in [3.63, 3.8) is 0 Å². The van der Waals surface area contributed by atoms with Crippen molar-refractivity contribution in [1.29, 1.82) is 0 Å². The maximum atomic E-state index is 13.7. The molecule has 0 saturated carbocycles. The Morgan fingerprint density at radius 1 is 1.00 bits per heavy atom. The summed E-state index contributed by atoms with van der Waals surface area (Å²) in [4.78, 5) is 25.9. The zero-order valence-electron chi connectivity index (χ0n) is 14.5. The van der Waals surface area contributed by atoms with Gasteiger partial charge in [-0.25, -0.2) is 22.0 Å². The van der Waals surface area contributed by atoms with Crippen molar-refractivity contribution in [1.82, 2.24) is 14.7 Å². The molecule has 2 rings (SSSR count). The third-order valence-corrected chi connectivity index (χ3v) is 3.83. The van der Waals surface area contributed by atoms with Gasteiger partial charge in [0.1, 0.15) is 11.4 Å². The molecule has 146 valence electrons. The molecule has 0 bridgehead atoms. The van der Waals surface area contributed by atoms with Gasteiger partial charge in [-0.2, -0.15) is 5.10 Å². The van der Waals surface area contributed by atoms with Gasteiger partial charge in [0, 0.05) is 26.2 Å². The number of aryl methyl sites for hydroxylation is 1. The summed E-state index contributed by atoms with van der Waals surface area (Å²) in [5.74, 6) is -12.8. The van der Waals surface area contributed by atoms with Gasteiger partial charge in [0.05, 0.1) is 0 Å². The van der Waals surface area contributed by atoms with Gasteiger partial charge in [-0.15, -0.1) is 0 Å². The zero-order valence-corrected chi connectivity index (χ0v) is 14.5. The second-order valence-corrected chi connectivity index (χ2v) is 5.41. The predicted octanol–water partition coefficient (Wildman–Crippen LogP) is 2.85. The maximum Gasteiger partial charge on any atom is 0.274 e. The van der Waals surface area contributed by atoms with E-state index in [0.717, 1.165) is 10.7 Å². The number of halogens is 5. The first-order valence-electron chi connectivity index (χ1n) is 7.80. The van der Waals surface area contributed by atoms with Crippen LogP contribution >= 0.6 is 0 Å². The summed E-state index contributed by atoms with van der Waals surface area (Å²) in [6, 6.07) is 1.06. The Morgan fingerprint density at radius 2 is 1.48 bits per heavy atom. The fraction of sp³-hybridized carbons (Fsp3) is 0.312. The van der Waals surface area contributed by atoms with Crippen LogP contribution < -0.4 is 5.32 Å². The number of hydrogen-bond donors (Lipinski definition) is 1. The van der Waals surface area contributed by atoms with E-state index in [4.69, 9.17) is 0 Å². The molecule has 0 atom stereocenters. The van der Waals surface area contributed by atoms with Crippen LogP contribution in [0, 0.1) is 29.1 Å². The number of nitrogens with one attached hydrogen (secondary N) is 1. The lowest BCUT2D eigenvalue weighted by atomic mass is 10.2. The highest BCUT2D eigenvalue weighted by molar-refractivity contribution is 6.05. The van der Waals surface area contributed by atoms with E-state index < -0.39 is 46.6 Å². The van der Waals surface area contributed by atoms with Crippen molar-refractivity contribution >= 4 is 17.5 Å². The molecule has 1 aromatic carbocycles. The largest absolute Gasteiger partial charge is 0.338 e. The molecule has 0 aliphatic heterocycles. The minimum atomic E-state index is -2.34. The summed E-state index contributed by atoms with van der Waals surface area (Å²) < 4.78 is 67.9. The zero-order chi connectivity index (χ0) is 20.5. The molecule has 1 heterocycles. The molecule has 11 heteroatoms. The van der Waals surface area contributed by atoms with Crippen LogP contribution in [-0.2, 0) is 7.05 Å². The number of nitrogens with zero attached hydrogens (tertiary/aromatic N) is 3. The summed E-state index contributed by atoms with van der Waals surface area (Å²) in [5.41, 5.74) is -1.91. The van der Waals surface area contributed by atoms with Crippen LogP contribution in [0.25, 0.3) is 0 Å². The van der Waals surface area contributed by atoms with Crippen LogP contribution in [0.15, 0.2) is 6.07 Å². The number of benzene rings is 1. The molecule has 0 aliphatic carbocycles. The first kappa shape index (κ1) is 20.3. The average molecular weight is 390 g/mol. The number of aromatic nitrogens is 2. The molecular weight excluding hydrogens is 375 g/mol. The second-order valence-electron chi connectivity index (χ2n) is 5.41. The van der Waals surface area contributed by atoms with E-state index in [0.29, 0.717) is 13.1 Å². The standard InChI is InChI=1S/C16H15F5N4O2/c1-4-25(5-2)16(27)7-6-8(24(3)23-7)15(26)22-14-12(20)10(18)9(17)11(19)13(14)21/h6H,4-5H2,1-3H3,(H,22,26). The minimum absolute atomic E-state index is 0.108. The van der Waals surface area contributed by atoms with Crippen LogP contribution in [0.5, 0.6) is 0 Å². The van der Waals surface area contributed by atoms with E-state index in [1.807, 2.05) is 0 Å². The monoisotopic (exact) mass is 390 g/mol. The third kappa shape index (κ3) is 3.62. The number of rotatable bonds is 5. The van der Waals surface area contributed by atoms with Crippen molar-refractivity contribution in [2.24, 2.45) is 7.05 Å². The van der Waals surface area contributed by atoms with Gasteiger partial charge in [-0.05, 0) is 13.8 Å². The fourth-order valence-electron chi connectivity index (χ4n) is 2.35. The topological polar surface area (TPSA) is 67.2 Å². The van der Waals surface area contributed by atoms with Gasteiger partial charge < -0.3 is 10.2 Å². The Hall–Kier alpha value is -2.98. The van der Waals surface area contributed by atoms with Gasteiger partial charge in [0.2, 0.25) is 5.82 Å². The van der Waals surface area contributed by atoms with Crippen LogP contribution in [-0.4, -0.2) is 39.6 Å². The molecule has 2 amide bonds. The average Bonchev–Trinajstić information content (AvgIpc) is 3.04. The van der Waals surface area contributed by atoms with Gasteiger partial charge >= 0.3 is 0 Å². The Balaban J connectivity index is 2.37. The maximum absolute atomic E-state index is 13.7. The van der Waals surface area contributed by atoms with Crippen molar-refractivity contribution in [3.05, 3.63) is 46.5 Å². The van der Waals surface area contributed by atoms with Crippen molar-refractivity contribution in [2.75, 3.05) is 18.4 Å². The summed E-state index contributed by atoms with van der Waals surface area (Å²) in [6.07, 6.45) is 0. The smallest absolute Gasteiger partial charge is 0.274 e. The highest BCUT2D eigenvalue weighted by Crippen LogP contribution is 2.27. The lowest BCUT2D eigenvalue weighted by molar-refractivity contribution is 0.0766. The molecule has 0 unspecified atom stereocenters. The van der Waals surface area contributed by atoms with Crippen LogP contribution in [0.4, 0.5) is 27.6 Å². The first-order chi connectivity index (χ1) is 12.6. The van der Waals surface area contributed by atoms with E-state index in [1.165, 1.54) is 11.9 Å². The normalized spacial score (nSPS) is 10.8. The van der Waals surface area contributed by atoms with Gasteiger partial charge in [-0.3, -0.25) is 14.3 Å².